The van der Waals surface area contributed by atoms with Crippen molar-refractivity contribution in [1.29, 1.82) is 0 Å². The molecule has 0 saturated heterocycles. The number of carbonyl (C=O) groups excluding carboxylic acids is 1. The van der Waals surface area contributed by atoms with Crippen LogP contribution in [0.25, 0.3) is 0 Å². The number of hydrogen-bond donors (Lipinski definition) is 3. The Morgan fingerprint density at radius 1 is 1.37 bits per heavy atom. The zero-order chi connectivity index (χ0) is 14.0. The van der Waals surface area contributed by atoms with Crippen LogP contribution in [-0.2, 0) is 10.0 Å². The minimum atomic E-state index is -3.72. The minimum absolute atomic E-state index is 0. The number of amides is 1. The second-order valence-electron chi connectivity index (χ2n) is 4.59. The third-order valence-corrected chi connectivity index (χ3v) is 4.05. The first-order chi connectivity index (χ1) is 8.18. The van der Waals surface area contributed by atoms with Crippen LogP contribution in [0.1, 0.15) is 24.2 Å². The molecule has 1 aromatic rings. The quantitative estimate of drug-likeness (QED) is 0.721. The highest BCUT2D eigenvalue weighted by atomic mass is 35.5. The Balaban J connectivity index is 0.00000324. The van der Waals surface area contributed by atoms with Gasteiger partial charge in [-0.1, -0.05) is 6.07 Å². The molecule has 6 nitrogen and oxygen atoms in total. The van der Waals surface area contributed by atoms with Crippen molar-refractivity contribution >= 4 is 28.3 Å². The Morgan fingerprint density at radius 3 is 2.42 bits per heavy atom. The second-order valence-corrected chi connectivity index (χ2v) is 6.27. The molecule has 1 amide bonds. The zero-order valence-electron chi connectivity index (χ0n) is 10.7. The van der Waals surface area contributed by atoms with E-state index in [0.29, 0.717) is 0 Å². The molecular formula is C11H18ClN3O3S. The highest BCUT2D eigenvalue weighted by molar-refractivity contribution is 7.89. The van der Waals surface area contributed by atoms with Gasteiger partial charge in [-0.15, -0.1) is 12.4 Å². The summed E-state index contributed by atoms with van der Waals surface area (Å²) in [5.41, 5.74) is 9.95. The summed E-state index contributed by atoms with van der Waals surface area (Å²) in [6.07, 6.45) is 0. The third kappa shape index (κ3) is 4.79. The molecule has 5 N–H and O–H groups in total. The summed E-state index contributed by atoms with van der Waals surface area (Å²) in [6, 6.07) is 5.54. The smallest absolute Gasteiger partial charge is 0.248 e. The van der Waals surface area contributed by atoms with Gasteiger partial charge >= 0.3 is 0 Å². The molecule has 0 heterocycles. The first-order valence-corrected chi connectivity index (χ1v) is 6.80. The minimum Gasteiger partial charge on any atom is -0.366 e. The lowest BCUT2D eigenvalue weighted by Gasteiger charge is -2.23. The fraction of sp³-hybridized carbons (Fsp3) is 0.364. The van der Waals surface area contributed by atoms with Crippen LogP contribution in [0, 0.1) is 0 Å². The van der Waals surface area contributed by atoms with Crippen LogP contribution in [0.2, 0.25) is 0 Å². The molecular weight excluding hydrogens is 290 g/mol. The van der Waals surface area contributed by atoms with Crippen LogP contribution >= 0.6 is 12.4 Å². The summed E-state index contributed by atoms with van der Waals surface area (Å²) in [4.78, 5) is 11.0. The standard InChI is InChI=1S/C11H17N3O3S.ClH/c1-11(2,7-12)14-18(16,17)9-5-3-4-8(6-9)10(13)15;/h3-6,14H,7,12H2,1-2H3,(H2,13,15);1H. The highest BCUT2D eigenvalue weighted by Gasteiger charge is 2.25. The summed E-state index contributed by atoms with van der Waals surface area (Å²) in [5.74, 6) is -0.676. The second kappa shape index (κ2) is 6.33. The van der Waals surface area contributed by atoms with Gasteiger partial charge in [0.2, 0.25) is 15.9 Å². The van der Waals surface area contributed by atoms with Crippen LogP contribution in [0.3, 0.4) is 0 Å². The molecule has 0 unspecified atom stereocenters. The Hall–Kier alpha value is -1.15. The van der Waals surface area contributed by atoms with E-state index in [9.17, 15) is 13.2 Å². The van der Waals surface area contributed by atoms with Gasteiger partial charge in [0, 0.05) is 17.6 Å². The van der Waals surface area contributed by atoms with E-state index in [1.165, 1.54) is 24.3 Å². The van der Waals surface area contributed by atoms with Gasteiger partial charge in [-0.25, -0.2) is 13.1 Å². The van der Waals surface area contributed by atoms with E-state index in [-0.39, 0.29) is 29.4 Å². The van der Waals surface area contributed by atoms with Gasteiger partial charge in [-0.3, -0.25) is 4.79 Å². The van der Waals surface area contributed by atoms with Crippen LogP contribution < -0.4 is 16.2 Å². The van der Waals surface area contributed by atoms with E-state index in [0.717, 1.165) is 0 Å². The molecule has 0 aliphatic carbocycles. The number of primary amides is 1. The molecule has 108 valence electrons. The molecule has 0 bridgehead atoms. The van der Waals surface area contributed by atoms with Crippen molar-refractivity contribution in [2.24, 2.45) is 11.5 Å². The molecule has 0 saturated carbocycles. The number of halogens is 1. The molecule has 0 aliphatic rings. The summed E-state index contributed by atoms with van der Waals surface area (Å²) in [6.45, 7) is 3.49. The molecule has 0 fully saturated rings. The molecule has 8 heteroatoms. The average molecular weight is 308 g/mol. The molecule has 0 aromatic heterocycles. The molecule has 1 rings (SSSR count). The van der Waals surface area contributed by atoms with E-state index in [2.05, 4.69) is 4.72 Å². The number of sulfonamides is 1. The normalized spacial score (nSPS) is 11.7. The van der Waals surface area contributed by atoms with E-state index >= 15 is 0 Å². The first kappa shape index (κ1) is 17.8. The third-order valence-electron chi connectivity index (χ3n) is 2.35. The maximum atomic E-state index is 12.1. The number of benzene rings is 1. The van der Waals surface area contributed by atoms with E-state index in [1.54, 1.807) is 13.8 Å². The van der Waals surface area contributed by atoms with Crippen molar-refractivity contribution in [2.75, 3.05) is 6.54 Å². The molecule has 1 aromatic carbocycles. The Bertz CT molecular complexity index is 558. The Kier molecular flexibility index (Phi) is 5.95. The van der Waals surface area contributed by atoms with Gasteiger partial charge in [0.05, 0.1) is 4.90 Å². The molecule has 0 aliphatic heterocycles. The first-order valence-electron chi connectivity index (χ1n) is 5.32. The summed E-state index contributed by atoms with van der Waals surface area (Å²) >= 11 is 0. The zero-order valence-corrected chi connectivity index (χ0v) is 12.3. The fourth-order valence-corrected chi connectivity index (χ4v) is 2.75. The highest BCUT2D eigenvalue weighted by Crippen LogP contribution is 2.14. The van der Waals surface area contributed by atoms with Crippen LogP contribution in [0.5, 0.6) is 0 Å². The topological polar surface area (TPSA) is 115 Å². The Labute approximate surface area is 119 Å². The number of carbonyl (C=O) groups is 1. The largest absolute Gasteiger partial charge is 0.366 e. The van der Waals surface area contributed by atoms with Crippen LogP contribution in [-0.4, -0.2) is 26.4 Å². The number of nitrogens with two attached hydrogens (primary N) is 2. The fourth-order valence-electron chi connectivity index (χ4n) is 1.28. The monoisotopic (exact) mass is 307 g/mol. The predicted octanol–water partition coefficient (Wildman–Crippen LogP) is 0.223. The summed E-state index contributed by atoms with van der Waals surface area (Å²) in [7, 11) is -3.72. The maximum Gasteiger partial charge on any atom is 0.248 e. The lowest BCUT2D eigenvalue weighted by Crippen LogP contribution is -2.48. The lowest BCUT2D eigenvalue weighted by atomic mass is 10.1. The molecule has 0 radical (unpaired) electrons. The van der Waals surface area contributed by atoms with Gasteiger partial charge in [0.25, 0.3) is 0 Å². The van der Waals surface area contributed by atoms with Gasteiger partial charge in [0.15, 0.2) is 0 Å². The van der Waals surface area contributed by atoms with Gasteiger partial charge in [-0.2, -0.15) is 0 Å². The predicted molar refractivity (Wildman–Crippen MR) is 75.7 cm³/mol. The Morgan fingerprint density at radius 2 is 1.95 bits per heavy atom. The van der Waals surface area contributed by atoms with Crippen molar-refractivity contribution in [3.8, 4) is 0 Å². The maximum absolute atomic E-state index is 12.1. The summed E-state index contributed by atoms with van der Waals surface area (Å²) < 4.78 is 26.6. The van der Waals surface area contributed by atoms with Gasteiger partial charge < -0.3 is 11.5 Å². The van der Waals surface area contributed by atoms with Crippen LogP contribution in [0.15, 0.2) is 29.2 Å². The number of rotatable bonds is 5. The lowest BCUT2D eigenvalue weighted by molar-refractivity contribution is 0.1000. The van der Waals surface area contributed by atoms with E-state index in [4.69, 9.17) is 11.5 Å². The van der Waals surface area contributed by atoms with Crippen LogP contribution in [0.4, 0.5) is 0 Å². The average Bonchev–Trinajstić information content (AvgIpc) is 2.28. The van der Waals surface area contributed by atoms with E-state index in [1.807, 2.05) is 0 Å². The van der Waals surface area contributed by atoms with Gasteiger partial charge in [-0.05, 0) is 32.0 Å². The molecule has 19 heavy (non-hydrogen) atoms. The number of hydrogen-bond acceptors (Lipinski definition) is 4. The van der Waals surface area contributed by atoms with Crippen molar-refractivity contribution in [3.05, 3.63) is 29.8 Å². The number of nitrogens with one attached hydrogen (secondary N) is 1. The van der Waals surface area contributed by atoms with Crippen molar-refractivity contribution in [3.63, 3.8) is 0 Å². The SMILES string of the molecule is CC(C)(CN)NS(=O)(=O)c1cccc(C(N)=O)c1.Cl. The van der Waals surface area contributed by atoms with Gasteiger partial charge in [0.1, 0.15) is 0 Å². The van der Waals surface area contributed by atoms with Crippen molar-refractivity contribution < 1.29 is 13.2 Å². The van der Waals surface area contributed by atoms with E-state index < -0.39 is 21.5 Å². The summed E-state index contributed by atoms with van der Waals surface area (Å²) in [5, 5.41) is 0. The van der Waals surface area contributed by atoms with Crippen molar-refractivity contribution in [2.45, 2.75) is 24.3 Å². The molecule has 0 spiro atoms. The van der Waals surface area contributed by atoms with Crippen molar-refractivity contribution in [1.82, 2.24) is 4.72 Å². The molecule has 0 atom stereocenters.